The fourth-order valence-electron chi connectivity index (χ4n) is 2.62. The Kier molecular flexibility index (Phi) is 3.84. The second kappa shape index (κ2) is 6.15. The smallest absolute Gasteiger partial charge is 0.0624 e. The van der Waals surface area contributed by atoms with Gasteiger partial charge in [0.1, 0.15) is 0 Å². The van der Waals surface area contributed by atoms with Gasteiger partial charge in [0.25, 0.3) is 0 Å². The molecule has 0 bridgehead atoms. The van der Waals surface area contributed by atoms with Crippen molar-refractivity contribution in [1.82, 2.24) is 0 Å². The van der Waals surface area contributed by atoms with Crippen LogP contribution in [0.2, 0.25) is 0 Å². The molecule has 4 rings (SSSR count). The van der Waals surface area contributed by atoms with Crippen LogP contribution in [0.25, 0.3) is 26.2 Å². The van der Waals surface area contributed by atoms with Crippen LogP contribution in [0.1, 0.15) is 4.88 Å². The van der Waals surface area contributed by atoms with E-state index >= 15 is 0 Å². The van der Waals surface area contributed by atoms with E-state index in [-0.39, 0.29) is 0 Å². The van der Waals surface area contributed by atoms with Crippen molar-refractivity contribution in [1.29, 1.82) is 0 Å². The van der Waals surface area contributed by atoms with Gasteiger partial charge in [0.05, 0.1) is 16.3 Å². The second-order valence-corrected chi connectivity index (χ2v) is 7.56. The SMILES string of the molecule is C=C(Nc1cc(-c2cccs2)ccc1N)c1cc2ccccc2s1. The van der Waals surface area contributed by atoms with E-state index in [0.717, 1.165) is 27.5 Å². The third kappa shape index (κ3) is 2.82. The van der Waals surface area contributed by atoms with Crippen LogP contribution in [0.5, 0.6) is 0 Å². The lowest BCUT2D eigenvalue weighted by atomic mass is 10.1. The molecule has 0 spiro atoms. The molecule has 0 unspecified atom stereocenters. The zero-order valence-electron chi connectivity index (χ0n) is 13.0. The van der Waals surface area contributed by atoms with Gasteiger partial charge < -0.3 is 11.1 Å². The van der Waals surface area contributed by atoms with Crippen LogP contribution in [0.15, 0.2) is 72.6 Å². The Morgan fingerprint density at radius 3 is 2.67 bits per heavy atom. The highest BCUT2D eigenvalue weighted by Gasteiger charge is 2.08. The van der Waals surface area contributed by atoms with Crippen molar-refractivity contribution in [2.75, 3.05) is 11.1 Å². The first-order valence-corrected chi connectivity index (χ1v) is 9.28. The highest BCUT2D eigenvalue weighted by Crippen LogP contribution is 2.34. The van der Waals surface area contributed by atoms with E-state index in [9.17, 15) is 0 Å². The zero-order chi connectivity index (χ0) is 16.5. The van der Waals surface area contributed by atoms with Gasteiger partial charge in [0.2, 0.25) is 0 Å². The van der Waals surface area contributed by atoms with Gasteiger partial charge in [-0.15, -0.1) is 22.7 Å². The fraction of sp³-hybridized carbons (Fsp3) is 0. The minimum Gasteiger partial charge on any atom is -0.397 e. The molecule has 0 saturated heterocycles. The molecule has 2 heterocycles. The van der Waals surface area contributed by atoms with Crippen LogP contribution in [0.4, 0.5) is 11.4 Å². The molecular formula is C20H16N2S2. The first-order valence-electron chi connectivity index (χ1n) is 7.59. The number of anilines is 2. The van der Waals surface area contributed by atoms with E-state index in [2.05, 4.69) is 71.9 Å². The lowest BCUT2D eigenvalue weighted by molar-refractivity contribution is 1.59. The first kappa shape index (κ1) is 15.0. The average Bonchev–Trinajstić information content (AvgIpc) is 3.26. The summed E-state index contributed by atoms with van der Waals surface area (Å²) in [6, 6.07) is 20.8. The lowest BCUT2D eigenvalue weighted by Gasteiger charge is -2.12. The minimum absolute atomic E-state index is 0.720. The standard InChI is InChI=1S/C20H16N2S2/c1-13(20-12-14-5-2-3-6-19(14)24-20)22-17-11-15(8-9-16(17)21)18-7-4-10-23-18/h2-12,22H,1,21H2. The first-order chi connectivity index (χ1) is 11.7. The van der Waals surface area contributed by atoms with Gasteiger partial charge in [0, 0.05) is 15.3 Å². The molecule has 0 saturated carbocycles. The summed E-state index contributed by atoms with van der Waals surface area (Å²) in [5.41, 5.74) is 9.78. The van der Waals surface area contributed by atoms with Crippen LogP contribution >= 0.6 is 22.7 Å². The van der Waals surface area contributed by atoms with Crippen LogP contribution in [-0.2, 0) is 0 Å². The lowest BCUT2D eigenvalue weighted by Crippen LogP contribution is -2.00. The molecular weight excluding hydrogens is 332 g/mol. The monoisotopic (exact) mass is 348 g/mol. The van der Waals surface area contributed by atoms with E-state index < -0.39 is 0 Å². The van der Waals surface area contributed by atoms with Gasteiger partial charge in [-0.3, -0.25) is 0 Å². The van der Waals surface area contributed by atoms with Crippen LogP contribution in [-0.4, -0.2) is 0 Å². The quantitative estimate of drug-likeness (QED) is 0.425. The number of hydrogen-bond donors (Lipinski definition) is 2. The molecule has 3 N–H and O–H groups in total. The molecule has 0 fully saturated rings. The number of nitrogen functional groups attached to an aromatic ring is 1. The zero-order valence-corrected chi connectivity index (χ0v) is 14.6. The van der Waals surface area contributed by atoms with Gasteiger partial charge in [-0.2, -0.15) is 0 Å². The summed E-state index contributed by atoms with van der Waals surface area (Å²) in [6.45, 7) is 4.20. The van der Waals surface area contributed by atoms with E-state index in [4.69, 9.17) is 5.73 Å². The summed E-state index contributed by atoms with van der Waals surface area (Å²) in [4.78, 5) is 2.35. The van der Waals surface area contributed by atoms with E-state index in [1.54, 1.807) is 22.7 Å². The predicted octanol–water partition coefficient (Wildman–Crippen LogP) is 6.29. The van der Waals surface area contributed by atoms with Gasteiger partial charge in [-0.25, -0.2) is 0 Å². The molecule has 0 amide bonds. The highest BCUT2D eigenvalue weighted by atomic mass is 32.1. The van der Waals surface area contributed by atoms with Crippen LogP contribution < -0.4 is 11.1 Å². The number of thiophene rings is 2. The Hall–Kier alpha value is -2.56. The van der Waals surface area contributed by atoms with Crippen molar-refractivity contribution < 1.29 is 0 Å². The third-order valence-corrected chi connectivity index (χ3v) is 5.96. The van der Waals surface area contributed by atoms with Gasteiger partial charge in [0.15, 0.2) is 0 Å². The van der Waals surface area contributed by atoms with Gasteiger partial charge in [-0.05, 0) is 46.7 Å². The van der Waals surface area contributed by atoms with E-state index in [1.807, 2.05) is 6.07 Å². The summed E-state index contributed by atoms with van der Waals surface area (Å²) in [7, 11) is 0. The maximum absolute atomic E-state index is 6.15. The maximum atomic E-state index is 6.15. The third-order valence-electron chi connectivity index (χ3n) is 3.87. The molecule has 4 aromatic rings. The van der Waals surface area contributed by atoms with Crippen molar-refractivity contribution in [3.8, 4) is 10.4 Å². The van der Waals surface area contributed by atoms with Crippen molar-refractivity contribution in [2.45, 2.75) is 0 Å². The molecule has 0 radical (unpaired) electrons. The average molecular weight is 348 g/mol. The van der Waals surface area contributed by atoms with E-state index in [1.165, 1.54) is 15.0 Å². The van der Waals surface area contributed by atoms with Crippen LogP contribution in [0, 0.1) is 0 Å². The number of nitrogens with one attached hydrogen (secondary N) is 1. The Balaban J connectivity index is 1.64. The van der Waals surface area contributed by atoms with Crippen molar-refractivity contribution in [3.05, 3.63) is 77.5 Å². The molecule has 24 heavy (non-hydrogen) atoms. The van der Waals surface area contributed by atoms with Crippen LogP contribution in [0.3, 0.4) is 0 Å². The number of benzene rings is 2. The molecule has 0 aliphatic rings. The minimum atomic E-state index is 0.720. The van der Waals surface area contributed by atoms with Crippen molar-refractivity contribution in [2.24, 2.45) is 0 Å². The second-order valence-electron chi connectivity index (χ2n) is 5.53. The molecule has 0 atom stereocenters. The molecule has 118 valence electrons. The molecule has 0 aliphatic heterocycles. The molecule has 2 nitrogen and oxygen atoms in total. The molecule has 2 aromatic carbocycles. The highest BCUT2D eigenvalue weighted by molar-refractivity contribution is 7.20. The topological polar surface area (TPSA) is 38.0 Å². The van der Waals surface area contributed by atoms with Crippen molar-refractivity contribution in [3.63, 3.8) is 0 Å². The summed E-state index contributed by atoms with van der Waals surface area (Å²) < 4.78 is 1.26. The number of nitrogens with two attached hydrogens (primary N) is 1. The Labute approximate surface area is 148 Å². The Bertz CT molecular complexity index is 980. The number of hydrogen-bond acceptors (Lipinski definition) is 4. The maximum Gasteiger partial charge on any atom is 0.0624 e. The molecule has 4 heteroatoms. The summed E-state index contributed by atoms with van der Waals surface area (Å²) in [6.07, 6.45) is 0. The largest absolute Gasteiger partial charge is 0.397 e. The Morgan fingerprint density at radius 1 is 1.00 bits per heavy atom. The number of rotatable bonds is 4. The van der Waals surface area contributed by atoms with E-state index in [0.29, 0.717) is 0 Å². The summed E-state index contributed by atoms with van der Waals surface area (Å²) >= 11 is 3.45. The summed E-state index contributed by atoms with van der Waals surface area (Å²) in [5.74, 6) is 0. The van der Waals surface area contributed by atoms with Gasteiger partial charge in [-0.1, -0.05) is 36.9 Å². The molecule has 2 aromatic heterocycles. The predicted molar refractivity (Wildman–Crippen MR) is 109 cm³/mol. The molecule has 0 aliphatic carbocycles. The Morgan fingerprint density at radius 2 is 1.88 bits per heavy atom. The van der Waals surface area contributed by atoms with Gasteiger partial charge >= 0.3 is 0 Å². The normalized spacial score (nSPS) is 10.8. The fourth-order valence-corrected chi connectivity index (χ4v) is 4.33. The summed E-state index contributed by atoms with van der Waals surface area (Å²) in [5, 5.41) is 6.70. The number of fused-ring (bicyclic) bond motifs is 1. The van der Waals surface area contributed by atoms with Crippen molar-refractivity contribution >= 4 is 49.8 Å².